The standard InChI is InChI=1S/C21H28F2O2/c1-10(2)19-13-6-15(20(19)11(3)4)16(7-13)21-17(22)8-14(9-18(21)23)25-12(5)24/h8-11,13,15-16,19-20H,6-7H2,1-5H3. The van der Waals surface area contributed by atoms with E-state index in [1.807, 2.05) is 0 Å². The molecule has 2 nitrogen and oxygen atoms in total. The Morgan fingerprint density at radius 2 is 1.60 bits per heavy atom. The van der Waals surface area contributed by atoms with Gasteiger partial charge in [-0.2, -0.15) is 0 Å². The maximum absolute atomic E-state index is 14.7. The topological polar surface area (TPSA) is 26.3 Å². The number of hydrogen-bond acceptors (Lipinski definition) is 2. The molecule has 0 radical (unpaired) electrons. The van der Waals surface area contributed by atoms with Crippen LogP contribution in [0.3, 0.4) is 0 Å². The van der Waals surface area contributed by atoms with Crippen LogP contribution in [0.2, 0.25) is 0 Å². The second-order valence-corrected chi connectivity index (χ2v) is 8.54. The second kappa shape index (κ2) is 6.69. The van der Waals surface area contributed by atoms with Crippen molar-refractivity contribution >= 4 is 5.97 Å². The van der Waals surface area contributed by atoms with Gasteiger partial charge in [-0.3, -0.25) is 4.79 Å². The van der Waals surface area contributed by atoms with Gasteiger partial charge in [-0.1, -0.05) is 27.7 Å². The smallest absolute Gasteiger partial charge is 0.308 e. The van der Waals surface area contributed by atoms with E-state index in [9.17, 15) is 13.6 Å². The van der Waals surface area contributed by atoms with E-state index >= 15 is 0 Å². The van der Waals surface area contributed by atoms with Crippen molar-refractivity contribution in [3.63, 3.8) is 0 Å². The molecule has 2 fully saturated rings. The van der Waals surface area contributed by atoms with Crippen molar-refractivity contribution < 1.29 is 18.3 Å². The lowest BCUT2D eigenvalue weighted by Gasteiger charge is -2.40. The van der Waals surface area contributed by atoms with Crippen LogP contribution in [0.4, 0.5) is 8.78 Å². The van der Waals surface area contributed by atoms with E-state index in [0.717, 1.165) is 25.0 Å². The monoisotopic (exact) mass is 350 g/mol. The van der Waals surface area contributed by atoms with E-state index < -0.39 is 17.6 Å². The van der Waals surface area contributed by atoms with Crippen LogP contribution in [0.1, 0.15) is 58.9 Å². The quantitative estimate of drug-likeness (QED) is 0.525. The molecule has 0 aromatic heterocycles. The third kappa shape index (κ3) is 3.20. The fourth-order valence-corrected chi connectivity index (χ4v) is 5.85. The van der Waals surface area contributed by atoms with E-state index in [2.05, 4.69) is 27.7 Å². The number of hydrogen-bond donors (Lipinski definition) is 0. The van der Waals surface area contributed by atoms with E-state index in [4.69, 9.17) is 4.74 Å². The molecule has 2 aliphatic rings. The molecule has 3 rings (SSSR count). The van der Waals surface area contributed by atoms with Gasteiger partial charge in [-0.05, 0) is 54.3 Å². The molecule has 4 heteroatoms. The van der Waals surface area contributed by atoms with Crippen LogP contribution in [-0.2, 0) is 4.79 Å². The Kier molecular flexibility index (Phi) is 4.91. The van der Waals surface area contributed by atoms with Crippen LogP contribution >= 0.6 is 0 Å². The first-order valence-corrected chi connectivity index (χ1v) is 9.38. The van der Waals surface area contributed by atoms with Gasteiger partial charge < -0.3 is 4.74 Å². The molecular formula is C21H28F2O2. The van der Waals surface area contributed by atoms with Gasteiger partial charge in [-0.25, -0.2) is 8.78 Å². The zero-order chi connectivity index (χ0) is 18.5. The minimum Gasteiger partial charge on any atom is -0.427 e. The highest BCUT2D eigenvalue weighted by Gasteiger charge is 2.55. The zero-order valence-corrected chi connectivity index (χ0v) is 15.7. The number of benzene rings is 1. The van der Waals surface area contributed by atoms with Gasteiger partial charge in [0.1, 0.15) is 17.4 Å². The summed E-state index contributed by atoms with van der Waals surface area (Å²) < 4.78 is 34.2. The Balaban J connectivity index is 1.93. The summed E-state index contributed by atoms with van der Waals surface area (Å²) in [6.45, 7) is 10.2. The maximum Gasteiger partial charge on any atom is 0.308 e. The van der Waals surface area contributed by atoms with E-state index in [0.29, 0.717) is 35.5 Å². The number of halogens is 2. The number of rotatable bonds is 4. The lowest BCUT2D eigenvalue weighted by atomic mass is 9.64. The second-order valence-electron chi connectivity index (χ2n) is 8.54. The molecule has 2 aliphatic carbocycles. The first-order chi connectivity index (χ1) is 11.7. The van der Waals surface area contributed by atoms with E-state index in [1.54, 1.807) is 0 Å². The Hall–Kier alpha value is -1.45. The molecule has 0 aliphatic heterocycles. The van der Waals surface area contributed by atoms with Gasteiger partial charge in [-0.15, -0.1) is 0 Å². The number of carbonyl (C=O) groups is 1. The third-order valence-electron chi connectivity index (χ3n) is 6.36. The highest BCUT2D eigenvalue weighted by molar-refractivity contribution is 5.69. The lowest BCUT2D eigenvalue weighted by molar-refractivity contribution is -0.131. The fourth-order valence-electron chi connectivity index (χ4n) is 5.85. The Labute approximate surface area is 149 Å². The van der Waals surface area contributed by atoms with Crippen molar-refractivity contribution in [2.75, 3.05) is 0 Å². The number of esters is 1. The van der Waals surface area contributed by atoms with Crippen molar-refractivity contribution in [1.29, 1.82) is 0 Å². The number of ether oxygens (including phenoxy) is 1. The first-order valence-electron chi connectivity index (χ1n) is 9.38. The van der Waals surface area contributed by atoms with Gasteiger partial charge >= 0.3 is 5.97 Å². The Morgan fingerprint density at radius 3 is 2.08 bits per heavy atom. The molecular weight excluding hydrogens is 322 g/mol. The lowest BCUT2D eigenvalue weighted by Crippen LogP contribution is -2.34. The van der Waals surface area contributed by atoms with Crippen LogP contribution in [0, 0.1) is 47.1 Å². The van der Waals surface area contributed by atoms with Gasteiger partial charge in [0.2, 0.25) is 0 Å². The molecule has 25 heavy (non-hydrogen) atoms. The molecule has 2 saturated carbocycles. The van der Waals surface area contributed by atoms with Crippen molar-refractivity contribution in [3.05, 3.63) is 29.3 Å². The normalized spacial score (nSPS) is 31.2. The summed E-state index contributed by atoms with van der Waals surface area (Å²) in [5, 5.41) is 0. The molecule has 0 N–H and O–H groups in total. The molecule has 0 saturated heterocycles. The SMILES string of the molecule is CC(=O)Oc1cc(F)c(C2CC3CC2C(C(C)C)C3C(C)C)c(F)c1. The molecule has 2 bridgehead atoms. The maximum atomic E-state index is 14.7. The Bertz CT molecular complexity index is 645. The van der Waals surface area contributed by atoms with Crippen molar-refractivity contribution in [2.24, 2.45) is 35.5 Å². The summed E-state index contributed by atoms with van der Waals surface area (Å²) in [5.41, 5.74) is 0.191. The predicted molar refractivity (Wildman–Crippen MR) is 93.3 cm³/mol. The Morgan fingerprint density at radius 1 is 1.04 bits per heavy atom. The molecule has 0 amide bonds. The average molecular weight is 350 g/mol. The predicted octanol–water partition coefficient (Wildman–Crippen LogP) is 5.56. The van der Waals surface area contributed by atoms with E-state index in [1.165, 1.54) is 6.92 Å². The highest BCUT2D eigenvalue weighted by Crippen LogP contribution is 2.62. The molecule has 5 atom stereocenters. The minimum atomic E-state index is -0.586. The number of carbonyl (C=O) groups excluding carboxylic acids is 1. The molecule has 1 aromatic carbocycles. The first kappa shape index (κ1) is 18.3. The van der Waals surface area contributed by atoms with Crippen LogP contribution in [0.15, 0.2) is 12.1 Å². The molecule has 5 unspecified atom stereocenters. The highest BCUT2D eigenvalue weighted by atomic mass is 19.1. The average Bonchev–Trinajstić information content (AvgIpc) is 3.03. The van der Waals surface area contributed by atoms with Gasteiger partial charge in [0.15, 0.2) is 0 Å². The summed E-state index contributed by atoms with van der Waals surface area (Å²) in [6, 6.07) is 2.30. The summed E-state index contributed by atoms with van der Waals surface area (Å²) in [5.74, 6) is 1.27. The molecule has 138 valence electrons. The summed E-state index contributed by atoms with van der Waals surface area (Å²) in [4.78, 5) is 11.0. The minimum absolute atomic E-state index is 0.0603. The van der Waals surface area contributed by atoms with Crippen LogP contribution < -0.4 is 4.74 Å². The van der Waals surface area contributed by atoms with Crippen molar-refractivity contribution in [1.82, 2.24) is 0 Å². The van der Waals surface area contributed by atoms with Crippen molar-refractivity contribution in [2.45, 2.75) is 53.4 Å². The van der Waals surface area contributed by atoms with Crippen LogP contribution in [-0.4, -0.2) is 5.97 Å². The van der Waals surface area contributed by atoms with Crippen LogP contribution in [0.25, 0.3) is 0 Å². The van der Waals surface area contributed by atoms with Gasteiger partial charge in [0.25, 0.3) is 0 Å². The van der Waals surface area contributed by atoms with E-state index in [-0.39, 0.29) is 17.2 Å². The third-order valence-corrected chi connectivity index (χ3v) is 6.36. The zero-order valence-electron chi connectivity index (χ0n) is 15.7. The molecule has 0 heterocycles. The van der Waals surface area contributed by atoms with Gasteiger partial charge in [0, 0.05) is 24.6 Å². The molecule has 1 aromatic rings. The largest absolute Gasteiger partial charge is 0.427 e. The van der Waals surface area contributed by atoms with Crippen molar-refractivity contribution in [3.8, 4) is 5.75 Å². The summed E-state index contributed by atoms with van der Waals surface area (Å²) >= 11 is 0. The fraction of sp³-hybridized carbons (Fsp3) is 0.667. The molecule has 0 spiro atoms. The number of fused-ring (bicyclic) bond motifs is 2. The van der Waals surface area contributed by atoms with Gasteiger partial charge in [0.05, 0.1) is 0 Å². The summed E-state index contributed by atoms with van der Waals surface area (Å²) in [7, 11) is 0. The summed E-state index contributed by atoms with van der Waals surface area (Å²) in [6.07, 6.45) is 1.93. The van der Waals surface area contributed by atoms with Crippen LogP contribution in [0.5, 0.6) is 5.75 Å².